The molecule has 0 aromatic rings. The van der Waals surface area contributed by atoms with Gasteiger partial charge in [0.2, 0.25) is 0 Å². The first-order chi connectivity index (χ1) is 5.71. The van der Waals surface area contributed by atoms with Gasteiger partial charge in [0.05, 0.1) is 11.1 Å². The summed E-state index contributed by atoms with van der Waals surface area (Å²) in [6.45, 7) is 0.937. The van der Waals surface area contributed by atoms with Crippen molar-refractivity contribution in [2.45, 2.75) is 16.7 Å². The monoisotopic (exact) mass is 205 g/mol. The van der Waals surface area contributed by atoms with Gasteiger partial charge in [-0.2, -0.15) is 0 Å². The number of rotatable bonds is 1. The van der Waals surface area contributed by atoms with Crippen LogP contribution in [0.3, 0.4) is 0 Å². The van der Waals surface area contributed by atoms with Crippen molar-refractivity contribution in [3.05, 3.63) is 0 Å². The Bertz CT molecular complexity index is 206. The fourth-order valence-electron chi connectivity index (χ4n) is 1.47. The Labute approximate surface area is 79.7 Å². The molecule has 3 nitrogen and oxygen atoms in total. The van der Waals surface area contributed by atoms with Crippen molar-refractivity contribution in [2.75, 3.05) is 18.1 Å². The van der Waals surface area contributed by atoms with Crippen LogP contribution >= 0.6 is 23.5 Å². The van der Waals surface area contributed by atoms with E-state index in [1.165, 1.54) is 11.8 Å². The lowest BCUT2D eigenvalue weighted by molar-refractivity contribution is -0.118. The molecule has 2 aliphatic rings. The first kappa shape index (κ1) is 8.87. The van der Waals surface area contributed by atoms with Crippen LogP contribution in [0.25, 0.3) is 0 Å². The van der Waals surface area contributed by atoms with Gasteiger partial charge >= 0.3 is 0 Å². The number of aliphatic hydroxyl groups is 1. The van der Waals surface area contributed by atoms with Gasteiger partial charge in [-0.3, -0.25) is 4.79 Å². The highest BCUT2D eigenvalue weighted by molar-refractivity contribution is 8.05. The summed E-state index contributed by atoms with van der Waals surface area (Å²) in [5.41, 5.74) is 0. The number of Topliss-reactive ketones (excluding diaryl/α,β-unsaturated/α-hetero) is 1. The van der Waals surface area contributed by atoms with E-state index in [4.69, 9.17) is 0 Å². The van der Waals surface area contributed by atoms with Crippen LogP contribution in [0.2, 0.25) is 0 Å². The van der Waals surface area contributed by atoms with E-state index in [1.54, 1.807) is 11.8 Å². The van der Waals surface area contributed by atoms with Crippen molar-refractivity contribution in [3.8, 4) is 0 Å². The van der Waals surface area contributed by atoms with Gasteiger partial charge in [-0.1, -0.05) is 0 Å². The van der Waals surface area contributed by atoms with Crippen LogP contribution in [0, 0.1) is 0 Å². The predicted molar refractivity (Wildman–Crippen MR) is 51.3 cm³/mol. The zero-order valence-corrected chi connectivity index (χ0v) is 8.21. The molecule has 0 spiro atoms. The van der Waals surface area contributed by atoms with Crippen molar-refractivity contribution >= 4 is 29.3 Å². The fraction of sp³-hybridized carbons (Fsp3) is 0.857. The molecule has 2 rings (SSSR count). The molecule has 0 bridgehead atoms. The van der Waals surface area contributed by atoms with Gasteiger partial charge in [0.1, 0.15) is 10.7 Å². The summed E-state index contributed by atoms with van der Waals surface area (Å²) in [5.74, 6) is 1.66. The van der Waals surface area contributed by atoms with E-state index in [0.717, 1.165) is 12.3 Å². The summed E-state index contributed by atoms with van der Waals surface area (Å²) >= 11 is 3.08. The maximum absolute atomic E-state index is 11.0. The molecular formula is C7H11NO2S2. The SMILES string of the molecule is O=C1CSC(O)(C2NCCS2)C1. The third kappa shape index (κ3) is 1.51. The molecule has 0 radical (unpaired) electrons. The molecule has 12 heavy (non-hydrogen) atoms. The Morgan fingerprint density at radius 2 is 2.50 bits per heavy atom. The Hall–Kier alpha value is 0.290. The van der Waals surface area contributed by atoms with Crippen molar-refractivity contribution in [2.24, 2.45) is 0 Å². The summed E-state index contributed by atoms with van der Waals surface area (Å²) in [5, 5.41) is 13.3. The quantitative estimate of drug-likeness (QED) is 0.633. The van der Waals surface area contributed by atoms with Crippen LogP contribution < -0.4 is 5.32 Å². The molecule has 2 saturated heterocycles. The van der Waals surface area contributed by atoms with Gasteiger partial charge in [0.15, 0.2) is 0 Å². The molecule has 0 aliphatic carbocycles. The third-order valence-corrected chi connectivity index (χ3v) is 4.88. The van der Waals surface area contributed by atoms with E-state index in [1.807, 2.05) is 0 Å². The minimum absolute atomic E-state index is 0.0500. The molecular weight excluding hydrogens is 194 g/mol. The van der Waals surface area contributed by atoms with E-state index >= 15 is 0 Å². The first-order valence-corrected chi connectivity index (χ1v) is 5.97. The van der Waals surface area contributed by atoms with Gasteiger partial charge in [0.25, 0.3) is 0 Å². The van der Waals surface area contributed by atoms with Crippen LogP contribution in [0.1, 0.15) is 6.42 Å². The lowest BCUT2D eigenvalue weighted by Gasteiger charge is -2.26. The van der Waals surface area contributed by atoms with Gasteiger partial charge in [-0.05, 0) is 0 Å². The van der Waals surface area contributed by atoms with Gasteiger partial charge in [0, 0.05) is 18.7 Å². The molecule has 5 heteroatoms. The lowest BCUT2D eigenvalue weighted by atomic mass is 10.2. The number of hydrogen-bond acceptors (Lipinski definition) is 5. The minimum atomic E-state index is -0.835. The molecule has 0 aromatic heterocycles. The molecule has 2 atom stereocenters. The Morgan fingerprint density at radius 3 is 3.00 bits per heavy atom. The van der Waals surface area contributed by atoms with Gasteiger partial charge < -0.3 is 10.4 Å². The highest BCUT2D eigenvalue weighted by Crippen LogP contribution is 2.41. The molecule has 2 unspecified atom stereocenters. The molecule has 2 N–H and O–H groups in total. The predicted octanol–water partition coefficient (Wildman–Crippen LogP) is 0.0435. The van der Waals surface area contributed by atoms with Crippen molar-refractivity contribution in [1.29, 1.82) is 0 Å². The molecule has 2 fully saturated rings. The molecule has 68 valence electrons. The Balaban J connectivity index is 2.05. The van der Waals surface area contributed by atoms with Crippen molar-refractivity contribution in [3.63, 3.8) is 0 Å². The highest BCUT2D eigenvalue weighted by atomic mass is 32.2. The van der Waals surface area contributed by atoms with Crippen molar-refractivity contribution in [1.82, 2.24) is 5.32 Å². The number of hydrogen-bond donors (Lipinski definition) is 2. The second kappa shape index (κ2) is 3.21. The topological polar surface area (TPSA) is 49.3 Å². The zero-order chi connectivity index (χ0) is 8.60. The van der Waals surface area contributed by atoms with Crippen LogP contribution in [-0.4, -0.2) is 39.2 Å². The second-order valence-corrected chi connectivity index (χ2v) is 5.55. The van der Waals surface area contributed by atoms with Crippen molar-refractivity contribution < 1.29 is 9.90 Å². The van der Waals surface area contributed by atoms with E-state index in [2.05, 4.69) is 5.32 Å². The molecule has 0 aromatic carbocycles. The zero-order valence-electron chi connectivity index (χ0n) is 6.58. The molecule has 2 heterocycles. The molecule has 2 aliphatic heterocycles. The highest BCUT2D eigenvalue weighted by Gasteiger charge is 2.45. The van der Waals surface area contributed by atoms with Crippen LogP contribution in [0.15, 0.2) is 0 Å². The van der Waals surface area contributed by atoms with Gasteiger partial charge in [-0.25, -0.2) is 0 Å². The number of thioether (sulfide) groups is 2. The van der Waals surface area contributed by atoms with E-state index < -0.39 is 4.93 Å². The third-order valence-electron chi connectivity index (χ3n) is 2.06. The average Bonchev–Trinajstić information content (AvgIpc) is 2.59. The van der Waals surface area contributed by atoms with Crippen LogP contribution in [0.4, 0.5) is 0 Å². The smallest absolute Gasteiger partial charge is 0.146 e. The summed E-state index contributed by atoms with van der Waals surface area (Å²) < 4.78 is 0. The Morgan fingerprint density at radius 1 is 1.67 bits per heavy atom. The van der Waals surface area contributed by atoms with Gasteiger partial charge in [-0.15, -0.1) is 23.5 Å². The largest absolute Gasteiger partial charge is 0.376 e. The molecule has 0 amide bonds. The average molecular weight is 205 g/mol. The maximum Gasteiger partial charge on any atom is 0.146 e. The Kier molecular flexibility index (Phi) is 2.37. The van der Waals surface area contributed by atoms with Crippen LogP contribution in [-0.2, 0) is 4.79 Å². The fourth-order valence-corrected chi connectivity index (χ4v) is 3.94. The summed E-state index contributed by atoms with van der Waals surface area (Å²) in [4.78, 5) is 10.2. The normalized spacial score (nSPS) is 42.4. The number of ketones is 1. The van der Waals surface area contributed by atoms with E-state index in [9.17, 15) is 9.90 Å². The van der Waals surface area contributed by atoms with E-state index in [0.29, 0.717) is 12.2 Å². The summed E-state index contributed by atoms with van der Waals surface area (Å²) in [6.07, 6.45) is 0.308. The minimum Gasteiger partial charge on any atom is -0.376 e. The lowest BCUT2D eigenvalue weighted by Crippen LogP contribution is -2.41. The number of carbonyl (C=O) groups excluding carboxylic acids is 1. The number of nitrogens with one attached hydrogen (secondary N) is 1. The summed E-state index contributed by atoms with van der Waals surface area (Å²) in [6, 6.07) is 0. The second-order valence-electron chi connectivity index (χ2n) is 3.05. The number of carbonyl (C=O) groups is 1. The van der Waals surface area contributed by atoms with Crippen LogP contribution in [0.5, 0.6) is 0 Å². The summed E-state index contributed by atoms with van der Waals surface area (Å²) in [7, 11) is 0. The maximum atomic E-state index is 11.0. The first-order valence-electron chi connectivity index (χ1n) is 3.94. The molecule has 0 saturated carbocycles. The van der Waals surface area contributed by atoms with E-state index in [-0.39, 0.29) is 11.2 Å². The standard InChI is InChI=1S/C7H11NO2S2/c9-5-3-7(10,12-4-5)6-8-1-2-11-6/h6,8,10H,1-4H2.